The van der Waals surface area contributed by atoms with Gasteiger partial charge in [0.1, 0.15) is 17.3 Å². The van der Waals surface area contributed by atoms with Crippen molar-refractivity contribution in [2.24, 2.45) is 0 Å². The summed E-state index contributed by atoms with van der Waals surface area (Å²) in [6.07, 6.45) is 3.15. The molecule has 5 nitrogen and oxygen atoms in total. The molecule has 7 heteroatoms. The van der Waals surface area contributed by atoms with Crippen LogP contribution in [0.4, 0.5) is 0 Å². The molecular weight excluding hydrogens is 404 g/mol. The van der Waals surface area contributed by atoms with E-state index in [1.165, 1.54) is 10.6 Å². The largest absolute Gasteiger partial charge is 0.457 e. The van der Waals surface area contributed by atoms with Gasteiger partial charge >= 0.3 is 5.97 Å². The molecular formula is C18H15BrN2O3S. The average molecular weight is 419 g/mol. The number of aromatic nitrogens is 1. The summed E-state index contributed by atoms with van der Waals surface area (Å²) in [6.45, 7) is 5.60. The Bertz CT molecular complexity index is 1010. The topological polar surface area (TPSA) is 72.1 Å². The Kier molecular flexibility index (Phi) is 6.51. The predicted molar refractivity (Wildman–Crippen MR) is 101 cm³/mol. The third-order valence-electron chi connectivity index (χ3n) is 3.25. The SMILES string of the molecule is C=CCOC(=O)/C(C#N)=c1\sc(=Cc2ccc(Br)cc2)c(=O)n1CC. The van der Waals surface area contributed by atoms with Gasteiger partial charge in [-0.15, -0.1) is 11.3 Å². The number of esters is 1. The third-order valence-corrected chi connectivity index (χ3v) is 4.91. The van der Waals surface area contributed by atoms with Crippen molar-refractivity contribution in [1.82, 2.24) is 4.57 Å². The molecule has 0 saturated heterocycles. The highest BCUT2D eigenvalue weighted by molar-refractivity contribution is 9.10. The first-order valence-corrected chi connectivity index (χ1v) is 9.02. The zero-order valence-electron chi connectivity index (χ0n) is 13.5. The molecule has 0 fully saturated rings. The molecule has 1 aromatic heterocycles. The third kappa shape index (κ3) is 4.35. The molecule has 1 heterocycles. The molecule has 0 aliphatic carbocycles. The van der Waals surface area contributed by atoms with E-state index in [1.807, 2.05) is 30.3 Å². The zero-order chi connectivity index (χ0) is 18.4. The maximum Gasteiger partial charge on any atom is 0.352 e. The van der Waals surface area contributed by atoms with Crippen molar-refractivity contribution < 1.29 is 9.53 Å². The summed E-state index contributed by atoms with van der Waals surface area (Å²) in [6, 6.07) is 9.33. The molecule has 0 aliphatic heterocycles. The molecule has 0 amide bonds. The summed E-state index contributed by atoms with van der Waals surface area (Å²) < 4.78 is 8.03. The van der Waals surface area contributed by atoms with Crippen LogP contribution in [0.5, 0.6) is 0 Å². The minimum atomic E-state index is -0.763. The number of halogens is 1. The van der Waals surface area contributed by atoms with E-state index in [2.05, 4.69) is 22.5 Å². The summed E-state index contributed by atoms with van der Waals surface area (Å²) in [5.74, 6) is -0.763. The highest BCUT2D eigenvalue weighted by atomic mass is 79.9. The first-order valence-electron chi connectivity index (χ1n) is 7.41. The second kappa shape index (κ2) is 8.60. The fraction of sp³-hybridized carbons (Fsp3) is 0.167. The quantitative estimate of drug-likeness (QED) is 0.549. The minimum absolute atomic E-state index is 0.00359. The average Bonchev–Trinajstić information content (AvgIpc) is 2.91. The van der Waals surface area contributed by atoms with Crippen LogP contribution in [-0.4, -0.2) is 17.1 Å². The number of carbonyl (C=O) groups excluding carboxylic acids is 1. The van der Waals surface area contributed by atoms with Gasteiger partial charge in [0, 0.05) is 11.0 Å². The van der Waals surface area contributed by atoms with Crippen molar-refractivity contribution in [3.63, 3.8) is 0 Å². The summed E-state index contributed by atoms with van der Waals surface area (Å²) >= 11 is 4.46. The molecule has 128 valence electrons. The first-order chi connectivity index (χ1) is 12.0. The number of nitriles is 1. The lowest BCUT2D eigenvalue weighted by Crippen LogP contribution is -2.32. The van der Waals surface area contributed by atoms with E-state index in [0.717, 1.165) is 21.4 Å². The number of hydrogen-bond acceptors (Lipinski definition) is 5. The van der Waals surface area contributed by atoms with Crippen LogP contribution in [0.3, 0.4) is 0 Å². The second-order valence-corrected chi connectivity index (χ2v) is 6.84. The van der Waals surface area contributed by atoms with Gasteiger partial charge in [-0.1, -0.05) is 40.7 Å². The van der Waals surface area contributed by atoms with Crippen molar-refractivity contribution in [1.29, 1.82) is 5.26 Å². The molecule has 1 aromatic carbocycles. The van der Waals surface area contributed by atoms with Gasteiger partial charge < -0.3 is 4.74 Å². The summed E-state index contributed by atoms with van der Waals surface area (Å²) in [4.78, 5) is 24.7. The number of nitrogens with zero attached hydrogens (tertiary/aromatic N) is 2. The summed E-state index contributed by atoms with van der Waals surface area (Å²) in [7, 11) is 0. The van der Waals surface area contributed by atoms with Gasteiger partial charge in [0.15, 0.2) is 5.57 Å². The van der Waals surface area contributed by atoms with Crippen LogP contribution in [0.15, 0.2) is 46.2 Å². The molecule has 0 N–H and O–H groups in total. The van der Waals surface area contributed by atoms with Gasteiger partial charge in [-0.2, -0.15) is 5.26 Å². The van der Waals surface area contributed by atoms with Crippen molar-refractivity contribution in [2.75, 3.05) is 6.61 Å². The van der Waals surface area contributed by atoms with Gasteiger partial charge in [0.05, 0.1) is 4.53 Å². The number of benzene rings is 1. The molecule has 0 radical (unpaired) electrons. The van der Waals surface area contributed by atoms with Crippen LogP contribution in [0.1, 0.15) is 12.5 Å². The molecule has 2 aromatic rings. The van der Waals surface area contributed by atoms with Crippen molar-refractivity contribution >= 4 is 44.9 Å². The Balaban J connectivity index is 2.68. The fourth-order valence-corrected chi connectivity index (χ4v) is 3.51. The predicted octanol–water partition coefficient (Wildman–Crippen LogP) is 1.92. The van der Waals surface area contributed by atoms with Gasteiger partial charge in [0.2, 0.25) is 0 Å². The zero-order valence-corrected chi connectivity index (χ0v) is 15.9. The number of thiazole rings is 1. The van der Waals surface area contributed by atoms with Gasteiger partial charge in [-0.25, -0.2) is 4.79 Å². The first kappa shape index (κ1) is 18.9. The van der Waals surface area contributed by atoms with E-state index < -0.39 is 5.97 Å². The number of rotatable bonds is 5. The van der Waals surface area contributed by atoms with Gasteiger partial charge in [-0.3, -0.25) is 9.36 Å². The molecule has 0 aliphatic rings. The maximum atomic E-state index is 12.6. The number of ether oxygens (including phenoxy) is 1. The molecule has 0 bridgehead atoms. The lowest BCUT2D eigenvalue weighted by Gasteiger charge is -2.00. The molecule has 25 heavy (non-hydrogen) atoms. The molecule has 0 atom stereocenters. The standard InChI is InChI=1S/C18H15BrN2O3S/c1-3-9-24-18(23)14(11-20)17-21(4-2)16(22)15(25-17)10-12-5-7-13(19)8-6-12/h3,5-8,10H,1,4,9H2,2H3/b15-10?,17-14-. The smallest absolute Gasteiger partial charge is 0.352 e. The second-order valence-electron chi connectivity index (χ2n) is 4.89. The Morgan fingerprint density at radius 2 is 2.12 bits per heavy atom. The van der Waals surface area contributed by atoms with E-state index in [4.69, 9.17) is 4.74 Å². The van der Waals surface area contributed by atoms with Crippen molar-refractivity contribution in [3.05, 3.63) is 66.5 Å². The van der Waals surface area contributed by atoms with Crippen LogP contribution in [0, 0.1) is 11.3 Å². The van der Waals surface area contributed by atoms with Crippen LogP contribution >= 0.6 is 27.3 Å². The highest BCUT2D eigenvalue weighted by Gasteiger charge is 2.16. The van der Waals surface area contributed by atoms with Crippen molar-refractivity contribution in [2.45, 2.75) is 13.5 Å². The number of carbonyl (C=O) groups is 1. The van der Waals surface area contributed by atoms with E-state index in [1.54, 1.807) is 13.0 Å². The maximum absolute atomic E-state index is 12.6. The normalized spacial score (nSPS) is 12.4. The Morgan fingerprint density at radius 3 is 2.68 bits per heavy atom. The van der Waals surface area contributed by atoms with E-state index in [-0.39, 0.29) is 17.7 Å². The van der Waals surface area contributed by atoms with Crippen LogP contribution in [-0.2, 0) is 16.1 Å². The van der Waals surface area contributed by atoms with Crippen LogP contribution in [0.2, 0.25) is 0 Å². The van der Waals surface area contributed by atoms with E-state index in [0.29, 0.717) is 15.7 Å². The molecule has 2 rings (SSSR count). The van der Waals surface area contributed by atoms with E-state index in [9.17, 15) is 14.9 Å². The highest BCUT2D eigenvalue weighted by Crippen LogP contribution is 2.10. The van der Waals surface area contributed by atoms with Crippen LogP contribution < -0.4 is 14.8 Å². The summed E-state index contributed by atoms with van der Waals surface area (Å²) in [5.41, 5.74) is 0.431. The van der Waals surface area contributed by atoms with Gasteiger partial charge in [-0.05, 0) is 30.7 Å². The molecule has 0 unspecified atom stereocenters. The fourth-order valence-electron chi connectivity index (χ4n) is 2.09. The molecule has 0 spiro atoms. The van der Waals surface area contributed by atoms with Gasteiger partial charge in [0.25, 0.3) is 5.56 Å². The Labute approximate surface area is 156 Å². The Morgan fingerprint density at radius 1 is 1.44 bits per heavy atom. The number of hydrogen-bond donors (Lipinski definition) is 0. The lowest BCUT2D eigenvalue weighted by molar-refractivity contribution is -0.135. The van der Waals surface area contributed by atoms with Crippen LogP contribution in [0.25, 0.3) is 11.6 Å². The summed E-state index contributed by atoms with van der Waals surface area (Å²) in [5, 5.41) is 9.35. The van der Waals surface area contributed by atoms with E-state index >= 15 is 0 Å². The van der Waals surface area contributed by atoms with Crippen molar-refractivity contribution in [3.8, 4) is 6.07 Å². The minimum Gasteiger partial charge on any atom is -0.457 e. The molecule has 0 saturated carbocycles. The Hall–Kier alpha value is -2.43. The monoisotopic (exact) mass is 418 g/mol. The lowest BCUT2D eigenvalue weighted by atomic mass is 10.2.